The van der Waals surface area contributed by atoms with E-state index in [0.29, 0.717) is 25.1 Å². The van der Waals surface area contributed by atoms with E-state index in [9.17, 15) is 12.8 Å². The second-order valence-corrected chi connectivity index (χ2v) is 6.84. The smallest absolute Gasteiger partial charge is 0.244 e. The predicted molar refractivity (Wildman–Crippen MR) is 75.9 cm³/mol. The van der Waals surface area contributed by atoms with Gasteiger partial charge < -0.3 is 4.74 Å². The molecular formula is C14H15FN2O3S. The number of aromatic nitrogens is 1. The molecule has 1 aliphatic heterocycles. The van der Waals surface area contributed by atoms with Crippen molar-refractivity contribution in [2.45, 2.75) is 17.9 Å². The molecule has 0 N–H and O–H groups in total. The molecule has 112 valence electrons. The van der Waals surface area contributed by atoms with Crippen LogP contribution in [0.1, 0.15) is 6.92 Å². The van der Waals surface area contributed by atoms with Crippen LogP contribution < -0.4 is 0 Å². The van der Waals surface area contributed by atoms with E-state index >= 15 is 0 Å². The Balaban J connectivity index is 2.17. The average Bonchev–Trinajstić information content (AvgIpc) is 2.48. The first-order chi connectivity index (χ1) is 10.0. The number of hydrogen-bond donors (Lipinski definition) is 0. The lowest BCUT2D eigenvalue weighted by Crippen LogP contribution is -2.46. The number of hydrogen-bond acceptors (Lipinski definition) is 4. The molecule has 2 aromatic rings. The van der Waals surface area contributed by atoms with Gasteiger partial charge >= 0.3 is 0 Å². The highest BCUT2D eigenvalue weighted by atomic mass is 32.2. The predicted octanol–water partition coefficient (Wildman–Crippen LogP) is 1.78. The monoisotopic (exact) mass is 310 g/mol. The summed E-state index contributed by atoms with van der Waals surface area (Å²) in [6.45, 7) is 2.81. The number of fused-ring (bicyclic) bond motifs is 1. The highest BCUT2D eigenvalue weighted by Gasteiger charge is 2.32. The van der Waals surface area contributed by atoms with E-state index in [0.717, 1.165) is 6.07 Å². The van der Waals surface area contributed by atoms with E-state index < -0.39 is 15.8 Å². The number of halogens is 1. The number of nitrogens with zero attached hydrogens (tertiary/aromatic N) is 2. The second kappa shape index (κ2) is 5.32. The summed E-state index contributed by atoms with van der Waals surface area (Å²) in [6.07, 6.45) is 1.44. The molecule has 1 aromatic heterocycles. The lowest BCUT2D eigenvalue weighted by Gasteiger charge is -2.32. The van der Waals surface area contributed by atoms with E-state index in [1.165, 1.54) is 16.6 Å². The third kappa shape index (κ3) is 2.41. The van der Waals surface area contributed by atoms with Gasteiger partial charge in [-0.15, -0.1) is 0 Å². The van der Waals surface area contributed by atoms with E-state index in [2.05, 4.69) is 4.98 Å². The second-order valence-electron chi connectivity index (χ2n) is 4.98. The number of morpholine rings is 1. The molecule has 21 heavy (non-hydrogen) atoms. The van der Waals surface area contributed by atoms with Gasteiger partial charge in [0, 0.05) is 24.2 Å². The molecule has 1 atom stereocenters. The summed E-state index contributed by atoms with van der Waals surface area (Å²) in [5, 5.41) is 0.302. The SMILES string of the molecule is C[C@@H]1COCCN1S(=O)(=O)c1ccc(F)c2ncccc12. The Hall–Kier alpha value is -1.57. The van der Waals surface area contributed by atoms with Crippen LogP contribution in [0.3, 0.4) is 0 Å². The molecule has 1 aromatic carbocycles. The summed E-state index contributed by atoms with van der Waals surface area (Å²) >= 11 is 0. The van der Waals surface area contributed by atoms with Crippen LogP contribution in [0.4, 0.5) is 4.39 Å². The van der Waals surface area contributed by atoms with Gasteiger partial charge in [-0.25, -0.2) is 12.8 Å². The highest BCUT2D eigenvalue weighted by Crippen LogP contribution is 2.28. The van der Waals surface area contributed by atoms with Gasteiger partial charge in [-0.2, -0.15) is 4.31 Å². The fraction of sp³-hybridized carbons (Fsp3) is 0.357. The summed E-state index contributed by atoms with van der Waals surface area (Å²) in [7, 11) is -3.71. The van der Waals surface area contributed by atoms with Crippen molar-refractivity contribution in [3.63, 3.8) is 0 Å². The molecule has 1 aliphatic rings. The van der Waals surface area contributed by atoms with Crippen molar-refractivity contribution in [2.24, 2.45) is 0 Å². The Morgan fingerprint density at radius 3 is 2.95 bits per heavy atom. The molecule has 0 aliphatic carbocycles. The van der Waals surface area contributed by atoms with Gasteiger partial charge in [0.1, 0.15) is 11.3 Å². The Bertz CT molecular complexity index is 779. The normalized spacial score (nSPS) is 20.8. The van der Waals surface area contributed by atoms with Crippen LogP contribution in [-0.2, 0) is 14.8 Å². The summed E-state index contributed by atoms with van der Waals surface area (Å²) in [5.74, 6) is -0.528. The first-order valence-electron chi connectivity index (χ1n) is 6.64. The third-order valence-electron chi connectivity index (χ3n) is 3.57. The molecule has 0 spiro atoms. The van der Waals surface area contributed by atoms with Crippen molar-refractivity contribution in [3.05, 3.63) is 36.3 Å². The van der Waals surface area contributed by atoms with Crippen LogP contribution in [0.15, 0.2) is 35.4 Å². The lowest BCUT2D eigenvalue weighted by atomic mass is 10.2. The quantitative estimate of drug-likeness (QED) is 0.848. The van der Waals surface area contributed by atoms with Crippen molar-refractivity contribution in [1.29, 1.82) is 0 Å². The first kappa shape index (κ1) is 14.4. The fourth-order valence-corrected chi connectivity index (χ4v) is 4.32. The topological polar surface area (TPSA) is 59.5 Å². The Labute approximate surface area is 122 Å². The third-order valence-corrected chi connectivity index (χ3v) is 5.65. The van der Waals surface area contributed by atoms with E-state index in [-0.39, 0.29) is 16.5 Å². The minimum Gasteiger partial charge on any atom is -0.378 e. The van der Waals surface area contributed by atoms with Crippen LogP contribution >= 0.6 is 0 Å². The van der Waals surface area contributed by atoms with Crippen LogP contribution in [0, 0.1) is 5.82 Å². The zero-order valence-corrected chi connectivity index (χ0v) is 12.3. The molecule has 2 heterocycles. The van der Waals surface area contributed by atoms with Crippen molar-refractivity contribution in [3.8, 4) is 0 Å². The van der Waals surface area contributed by atoms with E-state index in [1.807, 2.05) is 0 Å². The molecule has 1 fully saturated rings. The summed E-state index contributed by atoms with van der Waals surface area (Å²) in [4.78, 5) is 4.02. The zero-order valence-electron chi connectivity index (χ0n) is 11.5. The number of sulfonamides is 1. The fourth-order valence-electron chi connectivity index (χ4n) is 2.53. The zero-order chi connectivity index (χ0) is 15.0. The van der Waals surface area contributed by atoms with Crippen molar-refractivity contribution < 1.29 is 17.5 Å². The van der Waals surface area contributed by atoms with E-state index in [1.54, 1.807) is 19.1 Å². The van der Waals surface area contributed by atoms with Gasteiger partial charge in [-0.3, -0.25) is 4.98 Å². The highest BCUT2D eigenvalue weighted by molar-refractivity contribution is 7.89. The standard InChI is InChI=1S/C14H15FN2O3S/c1-10-9-20-8-7-17(10)21(18,19)13-5-4-12(15)14-11(13)3-2-6-16-14/h2-6,10H,7-9H2,1H3/t10-/m1/s1. The Morgan fingerprint density at radius 1 is 1.38 bits per heavy atom. The summed E-state index contributed by atoms with van der Waals surface area (Å²) < 4.78 is 46.1. The molecule has 0 radical (unpaired) electrons. The first-order valence-corrected chi connectivity index (χ1v) is 8.08. The molecule has 3 rings (SSSR count). The van der Waals surface area contributed by atoms with Crippen LogP contribution in [0.25, 0.3) is 10.9 Å². The van der Waals surface area contributed by atoms with Crippen LogP contribution in [-0.4, -0.2) is 43.5 Å². The van der Waals surface area contributed by atoms with Gasteiger partial charge in [0.2, 0.25) is 10.0 Å². The molecule has 0 saturated carbocycles. The van der Waals surface area contributed by atoms with Gasteiger partial charge in [-0.1, -0.05) is 0 Å². The molecule has 7 heteroatoms. The lowest BCUT2D eigenvalue weighted by molar-refractivity contribution is 0.0393. The maximum Gasteiger partial charge on any atom is 0.244 e. The van der Waals surface area contributed by atoms with Gasteiger partial charge in [0.15, 0.2) is 0 Å². The molecule has 0 unspecified atom stereocenters. The number of rotatable bonds is 2. The summed E-state index contributed by atoms with van der Waals surface area (Å²) in [5.41, 5.74) is 0.0690. The van der Waals surface area contributed by atoms with Crippen molar-refractivity contribution >= 4 is 20.9 Å². The molecule has 1 saturated heterocycles. The average molecular weight is 310 g/mol. The van der Waals surface area contributed by atoms with Crippen molar-refractivity contribution in [2.75, 3.05) is 19.8 Å². The number of pyridine rings is 1. The minimum absolute atomic E-state index is 0.0690. The maximum atomic E-state index is 13.8. The minimum atomic E-state index is -3.71. The Morgan fingerprint density at radius 2 is 2.19 bits per heavy atom. The van der Waals surface area contributed by atoms with Gasteiger partial charge in [-0.05, 0) is 31.2 Å². The molecular weight excluding hydrogens is 295 g/mol. The van der Waals surface area contributed by atoms with Gasteiger partial charge in [0.25, 0.3) is 0 Å². The van der Waals surface area contributed by atoms with Crippen molar-refractivity contribution in [1.82, 2.24) is 9.29 Å². The summed E-state index contributed by atoms with van der Waals surface area (Å²) in [6, 6.07) is 5.37. The molecule has 0 amide bonds. The Kier molecular flexibility index (Phi) is 3.64. The van der Waals surface area contributed by atoms with E-state index in [4.69, 9.17) is 4.74 Å². The maximum absolute atomic E-state index is 13.8. The largest absolute Gasteiger partial charge is 0.378 e. The molecule has 5 nitrogen and oxygen atoms in total. The van der Waals surface area contributed by atoms with Crippen LogP contribution in [0.2, 0.25) is 0 Å². The number of ether oxygens (including phenoxy) is 1. The van der Waals surface area contributed by atoms with Crippen LogP contribution in [0.5, 0.6) is 0 Å². The molecule has 0 bridgehead atoms. The van der Waals surface area contributed by atoms with Gasteiger partial charge in [0.05, 0.1) is 18.1 Å². The number of benzene rings is 1.